The normalized spacial score (nSPS) is 19.4. The van der Waals surface area contributed by atoms with Gasteiger partial charge in [0.1, 0.15) is 0 Å². The molecule has 4 nitrogen and oxygen atoms in total. The smallest absolute Gasteiger partial charge is 0.226 e. The summed E-state index contributed by atoms with van der Waals surface area (Å²) in [4.78, 5) is 13.7. The molecule has 0 radical (unpaired) electrons. The molecule has 1 amide bonds. The summed E-state index contributed by atoms with van der Waals surface area (Å²) in [5.41, 5.74) is -0.299. The first-order chi connectivity index (χ1) is 6.50. The van der Waals surface area contributed by atoms with Crippen molar-refractivity contribution >= 4 is 5.91 Å². The predicted octanol–water partition coefficient (Wildman–Crippen LogP) is 0.438. The Bertz CT molecular complexity index is 193. The summed E-state index contributed by atoms with van der Waals surface area (Å²) in [5, 5.41) is 2.92. The highest BCUT2D eigenvalue weighted by Crippen LogP contribution is 2.12. The number of hydrogen-bond donors (Lipinski definition) is 1. The Kier molecular flexibility index (Phi) is 3.89. The molecule has 0 atom stereocenters. The molecule has 0 spiro atoms. The molecule has 1 N–H and O–H groups in total. The lowest BCUT2D eigenvalue weighted by Gasteiger charge is -2.28. The lowest BCUT2D eigenvalue weighted by atomic mass is 9.96. The fourth-order valence-electron chi connectivity index (χ4n) is 1.21. The average Bonchev–Trinajstić information content (AvgIpc) is 2.14. The summed E-state index contributed by atoms with van der Waals surface area (Å²) in [6.45, 7) is 9.75. The molecule has 1 aliphatic rings. The van der Waals surface area contributed by atoms with Crippen molar-refractivity contribution < 1.29 is 9.53 Å². The number of nitrogens with one attached hydrogen (secondary N) is 1. The molecular weight excluding hydrogens is 180 g/mol. The lowest BCUT2D eigenvalue weighted by molar-refractivity contribution is -0.129. The highest BCUT2D eigenvalue weighted by Gasteiger charge is 2.21. The van der Waals surface area contributed by atoms with Gasteiger partial charge in [0, 0.05) is 18.5 Å². The summed E-state index contributed by atoms with van der Waals surface area (Å²) >= 11 is 0. The number of amides is 1. The van der Waals surface area contributed by atoms with E-state index >= 15 is 0 Å². The first-order valence-corrected chi connectivity index (χ1v) is 5.08. The van der Waals surface area contributed by atoms with Crippen LogP contribution in [0.4, 0.5) is 0 Å². The molecular formula is C10H20N2O2. The SMILES string of the molecule is CC(C)(C)C(=O)NCN1CCOCC1. The van der Waals surface area contributed by atoms with E-state index < -0.39 is 0 Å². The highest BCUT2D eigenvalue weighted by atomic mass is 16.5. The molecule has 1 aliphatic heterocycles. The van der Waals surface area contributed by atoms with E-state index in [1.165, 1.54) is 0 Å². The van der Waals surface area contributed by atoms with E-state index in [4.69, 9.17) is 4.74 Å². The summed E-state index contributed by atoms with van der Waals surface area (Å²) in [5.74, 6) is 0.101. The molecule has 1 saturated heterocycles. The van der Waals surface area contributed by atoms with Crippen LogP contribution >= 0.6 is 0 Å². The molecule has 0 aromatic heterocycles. The highest BCUT2D eigenvalue weighted by molar-refractivity contribution is 5.81. The third kappa shape index (κ3) is 3.64. The Morgan fingerprint density at radius 1 is 1.36 bits per heavy atom. The van der Waals surface area contributed by atoms with Crippen LogP contribution in [-0.4, -0.2) is 43.8 Å². The minimum absolute atomic E-state index is 0.101. The van der Waals surface area contributed by atoms with E-state index in [9.17, 15) is 4.79 Å². The summed E-state index contributed by atoms with van der Waals surface area (Å²) in [7, 11) is 0. The topological polar surface area (TPSA) is 41.6 Å². The second kappa shape index (κ2) is 4.75. The van der Waals surface area contributed by atoms with Crippen LogP contribution in [0.3, 0.4) is 0 Å². The molecule has 0 aliphatic carbocycles. The van der Waals surface area contributed by atoms with Gasteiger partial charge in [0.05, 0.1) is 19.9 Å². The van der Waals surface area contributed by atoms with Gasteiger partial charge in [-0.1, -0.05) is 20.8 Å². The zero-order chi connectivity index (χ0) is 10.6. The molecule has 14 heavy (non-hydrogen) atoms. The zero-order valence-electron chi connectivity index (χ0n) is 9.30. The second-order valence-electron chi connectivity index (χ2n) is 4.64. The number of rotatable bonds is 2. The van der Waals surface area contributed by atoms with Crippen LogP contribution in [0.2, 0.25) is 0 Å². The van der Waals surface area contributed by atoms with E-state index in [1.54, 1.807) is 0 Å². The largest absolute Gasteiger partial charge is 0.379 e. The van der Waals surface area contributed by atoms with Crippen molar-refractivity contribution in [1.82, 2.24) is 10.2 Å². The molecule has 0 unspecified atom stereocenters. The maximum atomic E-state index is 11.5. The van der Waals surface area contributed by atoms with Gasteiger partial charge in [-0.3, -0.25) is 9.69 Å². The van der Waals surface area contributed by atoms with Crippen molar-refractivity contribution in [3.63, 3.8) is 0 Å². The molecule has 1 fully saturated rings. The van der Waals surface area contributed by atoms with Gasteiger partial charge in [0.2, 0.25) is 5.91 Å². The van der Waals surface area contributed by atoms with E-state index in [-0.39, 0.29) is 11.3 Å². The third-order valence-electron chi connectivity index (χ3n) is 2.25. The number of morpholine rings is 1. The number of hydrogen-bond acceptors (Lipinski definition) is 3. The van der Waals surface area contributed by atoms with Crippen molar-refractivity contribution in [1.29, 1.82) is 0 Å². The van der Waals surface area contributed by atoms with Crippen LogP contribution < -0.4 is 5.32 Å². The second-order valence-corrected chi connectivity index (χ2v) is 4.64. The quantitative estimate of drug-likeness (QED) is 0.703. The maximum absolute atomic E-state index is 11.5. The molecule has 82 valence electrons. The van der Waals surface area contributed by atoms with Crippen LogP contribution in [0.1, 0.15) is 20.8 Å². The first-order valence-electron chi connectivity index (χ1n) is 5.08. The van der Waals surface area contributed by atoms with Gasteiger partial charge in [-0.15, -0.1) is 0 Å². The van der Waals surface area contributed by atoms with E-state index in [1.807, 2.05) is 20.8 Å². The third-order valence-corrected chi connectivity index (χ3v) is 2.25. The van der Waals surface area contributed by atoms with Crippen LogP contribution in [0.5, 0.6) is 0 Å². The van der Waals surface area contributed by atoms with Crippen molar-refractivity contribution in [3.05, 3.63) is 0 Å². The van der Waals surface area contributed by atoms with Crippen LogP contribution in [0.15, 0.2) is 0 Å². The lowest BCUT2D eigenvalue weighted by Crippen LogP contribution is -2.46. The Hall–Kier alpha value is -0.610. The van der Waals surface area contributed by atoms with Crippen molar-refractivity contribution in [3.8, 4) is 0 Å². The Balaban J connectivity index is 2.22. The molecule has 0 saturated carbocycles. The molecule has 0 bridgehead atoms. The van der Waals surface area contributed by atoms with Gasteiger partial charge in [0.25, 0.3) is 0 Å². The Morgan fingerprint density at radius 2 is 1.93 bits per heavy atom. The predicted molar refractivity (Wildman–Crippen MR) is 54.9 cm³/mol. The van der Waals surface area contributed by atoms with Gasteiger partial charge < -0.3 is 10.1 Å². The van der Waals surface area contributed by atoms with Crippen LogP contribution in [0, 0.1) is 5.41 Å². The van der Waals surface area contributed by atoms with Crippen molar-refractivity contribution in [2.24, 2.45) is 5.41 Å². The van der Waals surface area contributed by atoms with Gasteiger partial charge in [0.15, 0.2) is 0 Å². The average molecular weight is 200 g/mol. The van der Waals surface area contributed by atoms with Gasteiger partial charge in [-0.2, -0.15) is 0 Å². The Labute approximate surface area is 85.6 Å². The monoisotopic (exact) mass is 200 g/mol. The van der Waals surface area contributed by atoms with Gasteiger partial charge in [-0.25, -0.2) is 0 Å². The molecule has 1 heterocycles. The van der Waals surface area contributed by atoms with E-state index in [0.29, 0.717) is 6.67 Å². The van der Waals surface area contributed by atoms with E-state index in [0.717, 1.165) is 26.3 Å². The Morgan fingerprint density at radius 3 is 2.43 bits per heavy atom. The van der Waals surface area contributed by atoms with Crippen molar-refractivity contribution in [2.75, 3.05) is 33.0 Å². The number of ether oxygens (including phenoxy) is 1. The maximum Gasteiger partial charge on any atom is 0.226 e. The van der Waals surface area contributed by atoms with Gasteiger partial charge >= 0.3 is 0 Å². The number of carbonyl (C=O) groups excluding carboxylic acids is 1. The summed E-state index contributed by atoms with van der Waals surface area (Å²) in [6.07, 6.45) is 0. The van der Waals surface area contributed by atoms with Gasteiger partial charge in [-0.05, 0) is 0 Å². The standard InChI is InChI=1S/C10H20N2O2/c1-10(2,3)9(13)11-8-12-4-6-14-7-5-12/h4-8H2,1-3H3,(H,11,13). The van der Waals surface area contributed by atoms with Crippen LogP contribution in [0.25, 0.3) is 0 Å². The minimum atomic E-state index is -0.299. The van der Waals surface area contributed by atoms with Crippen LogP contribution in [-0.2, 0) is 9.53 Å². The molecule has 0 aromatic carbocycles. The fraction of sp³-hybridized carbons (Fsp3) is 0.900. The zero-order valence-corrected chi connectivity index (χ0v) is 9.30. The number of carbonyl (C=O) groups is 1. The molecule has 4 heteroatoms. The first kappa shape index (κ1) is 11.5. The van der Waals surface area contributed by atoms with E-state index in [2.05, 4.69) is 10.2 Å². The minimum Gasteiger partial charge on any atom is -0.379 e. The molecule has 1 rings (SSSR count). The molecule has 0 aromatic rings. The number of nitrogens with zero attached hydrogens (tertiary/aromatic N) is 1. The summed E-state index contributed by atoms with van der Waals surface area (Å²) < 4.78 is 5.22. The fourth-order valence-corrected chi connectivity index (χ4v) is 1.21. The van der Waals surface area contributed by atoms with Crippen molar-refractivity contribution in [2.45, 2.75) is 20.8 Å². The summed E-state index contributed by atoms with van der Waals surface area (Å²) in [6, 6.07) is 0.